The van der Waals surface area contributed by atoms with Crippen molar-refractivity contribution in [2.75, 3.05) is 19.0 Å². The minimum atomic E-state index is -0.641. The number of hydrogen-bond donors (Lipinski definition) is 2. The maximum Gasteiger partial charge on any atom is 0.340 e. The number of hydrogen-bond acceptors (Lipinski definition) is 7. The van der Waals surface area contributed by atoms with E-state index in [0.717, 1.165) is 6.07 Å². The highest BCUT2D eigenvalue weighted by atomic mass is 19.1. The van der Waals surface area contributed by atoms with Crippen LogP contribution in [0.5, 0.6) is 0 Å². The number of fused-ring (bicyclic) bond motifs is 1. The van der Waals surface area contributed by atoms with E-state index in [-0.39, 0.29) is 34.7 Å². The zero-order chi connectivity index (χ0) is 21.8. The first-order chi connectivity index (χ1) is 14.4. The molecule has 3 rings (SSSR count). The normalized spacial score (nSPS) is 10.5. The number of rotatable bonds is 6. The lowest BCUT2D eigenvalue weighted by Gasteiger charge is -2.13. The molecule has 10 heteroatoms. The molecule has 2 heterocycles. The predicted octanol–water partition coefficient (Wildman–Crippen LogP) is 2.87. The third-order valence-corrected chi connectivity index (χ3v) is 4.36. The van der Waals surface area contributed by atoms with Crippen molar-refractivity contribution in [2.24, 2.45) is 0 Å². The minimum Gasteiger partial charge on any atom is -0.462 e. The van der Waals surface area contributed by atoms with Crippen LogP contribution < -0.4 is 10.8 Å². The number of esters is 1. The number of carbonyl (C=O) groups is 2. The Bertz CT molecular complexity index is 1180. The van der Waals surface area contributed by atoms with Gasteiger partial charge in [-0.1, -0.05) is 0 Å². The topological polar surface area (TPSA) is 118 Å². The summed E-state index contributed by atoms with van der Waals surface area (Å²) in [6, 6.07) is 5.70. The molecule has 2 aromatic heterocycles. The van der Waals surface area contributed by atoms with E-state index >= 15 is 0 Å². The van der Waals surface area contributed by atoms with Gasteiger partial charge in [-0.05, 0) is 37.6 Å². The van der Waals surface area contributed by atoms with Gasteiger partial charge in [-0.15, -0.1) is 0 Å². The van der Waals surface area contributed by atoms with E-state index in [1.165, 1.54) is 36.2 Å². The Morgan fingerprint density at radius 1 is 1.37 bits per heavy atom. The van der Waals surface area contributed by atoms with Gasteiger partial charge >= 0.3 is 5.97 Å². The average Bonchev–Trinajstić information content (AvgIpc) is 3.07. The Balaban J connectivity index is 2.14. The molecule has 30 heavy (non-hydrogen) atoms. The van der Waals surface area contributed by atoms with E-state index in [0.29, 0.717) is 11.1 Å². The standard InChI is InChI=1S/C20H18FN5O4/c1-4-30-20(28)14-10-26-18(11(14)2)17(13(8-22)9-23-26)24-16-7-12(5-6-15(16)21)19(27)25-29-3/h5-7,9-10,24H,4H2,1-3H3,(H,25,27). The quantitative estimate of drug-likeness (QED) is 0.473. The number of ether oxygens (including phenoxy) is 1. The lowest BCUT2D eigenvalue weighted by Crippen LogP contribution is -2.21. The van der Waals surface area contributed by atoms with Gasteiger partial charge in [-0.25, -0.2) is 19.2 Å². The van der Waals surface area contributed by atoms with Crippen molar-refractivity contribution in [3.8, 4) is 6.07 Å². The molecule has 0 aliphatic carbocycles. The number of benzene rings is 1. The van der Waals surface area contributed by atoms with Crippen molar-refractivity contribution < 1.29 is 23.6 Å². The number of aromatic nitrogens is 2. The van der Waals surface area contributed by atoms with Crippen LogP contribution in [0.15, 0.2) is 30.6 Å². The Morgan fingerprint density at radius 3 is 2.80 bits per heavy atom. The van der Waals surface area contributed by atoms with Crippen molar-refractivity contribution >= 4 is 28.8 Å². The number of nitrogens with one attached hydrogen (secondary N) is 2. The third kappa shape index (κ3) is 3.78. The van der Waals surface area contributed by atoms with E-state index in [2.05, 4.69) is 20.7 Å². The second-order valence-electron chi connectivity index (χ2n) is 6.18. The summed E-state index contributed by atoms with van der Waals surface area (Å²) < 4.78 is 20.9. The number of carbonyl (C=O) groups excluding carboxylic acids is 2. The van der Waals surface area contributed by atoms with Gasteiger partial charge in [0, 0.05) is 11.8 Å². The van der Waals surface area contributed by atoms with Gasteiger partial charge < -0.3 is 10.1 Å². The molecule has 0 aliphatic rings. The van der Waals surface area contributed by atoms with Crippen LogP contribution in [-0.2, 0) is 9.57 Å². The highest BCUT2D eigenvalue weighted by molar-refractivity contribution is 5.98. The molecule has 0 atom stereocenters. The molecular formula is C20H18FN5O4. The predicted molar refractivity (Wildman–Crippen MR) is 105 cm³/mol. The van der Waals surface area contributed by atoms with Crippen LogP contribution in [0.3, 0.4) is 0 Å². The van der Waals surface area contributed by atoms with Crippen molar-refractivity contribution in [3.63, 3.8) is 0 Å². The summed E-state index contributed by atoms with van der Waals surface area (Å²) in [7, 11) is 1.28. The fourth-order valence-electron chi connectivity index (χ4n) is 2.96. The van der Waals surface area contributed by atoms with Crippen molar-refractivity contribution in [1.82, 2.24) is 15.1 Å². The summed E-state index contributed by atoms with van der Waals surface area (Å²) >= 11 is 0. The molecule has 0 radical (unpaired) electrons. The summed E-state index contributed by atoms with van der Waals surface area (Å²) in [4.78, 5) is 28.8. The van der Waals surface area contributed by atoms with Gasteiger partial charge in [-0.2, -0.15) is 10.4 Å². The molecule has 9 nitrogen and oxygen atoms in total. The van der Waals surface area contributed by atoms with E-state index in [9.17, 15) is 19.2 Å². The smallest absolute Gasteiger partial charge is 0.340 e. The molecule has 154 valence electrons. The molecule has 0 bridgehead atoms. The number of nitriles is 1. The summed E-state index contributed by atoms with van der Waals surface area (Å²) in [6.45, 7) is 3.57. The molecule has 0 unspecified atom stereocenters. The second kappa shape index (κ2) is 8.59. The Hall–Kier alpha value is -3.97. The molecule has 0 saturated heterocycles. The molecule has 0 spiro atoms. The van der Waals surface area contributed by atoms with Crippen molar-refractivity contribution in [1.29, 1.82) is 5.26 Å². The van der Waals surface area contributed by atoms with Crippen LogP contribution in [0.1, 0.15) is 38.8 Å². The minimum absolute atomic E-state index is 0.0402. The van der Waals surface area contributed by atoms with Crippen molar-refractivity contribution in [2.45, 2.75) is 13.8 Å². The first kappa shape index (κ1) is 20.8. The number of anilines is 2. The highest BCUT2D eigenvalue weighted by Crippen LogP contribution is 2.31. The second-order valence-corrected chi connectivity index (χ2v) is 6.18. The van der Waals surface area contributed by atoms with Gasteiger partial charge in [-0.3, -0.25) is 9.63 Å². The van der Waals surface area contributed by atoms with Gasteiger partial charge in [0.15, 0.2) is 0 Å². The zero-order valence-electron chi connectivity index (χ0n) is 16.4. The van der Waals surface area contributed by atoms with Crippen LogP contribution >= 0.6 is 0 Å². The summed E-state index contributed by atoms with van der Waals surface area (Å²) in [6.07, 6.45) is 2.77. The van der Waals surface area contributed by atoms with Crippen LogP contribution in [0.25, 0.3) is 5.52 Å². The van der Waals surface area contributed by atoms with Gasteiger partial charge in [0.2, 0.25) is 0 Å². The maximum atomic E-state index is 14.5. The third-order valence-electron chi connectivity index (χ3n) is 4.36. The first-order valence-corrected chi connectivity index (χ1v) is 8.89. The molecule has 3 aromatic rings. The summed E-state index contributed by atoms with van der Waals surface area (Å²) in [5.74, 6) is -1.74. The molecule has 0 saturated carbocycles. The molecule has 0 aliphatic heterocycles. The van der Waals surface area contributed by atoms with Gasteiger partial charge in [0.1, 0.15) is 11.9 Å². The Morgan fingerprint density at radius 2 is 2.13 bits per heavy atom. The lowest BCUT2D eigenvalue weighted by molar-refractivity contribution is 0.0523. The number of hydroxylamine groups is 1. The lowest BCUT2D eigenvalue weighted by atomic mass is 10.1. The zero-order valence-corrected chi connectivity index (χ0v) is 16.4. The van der Waals surface area contributed by atoms with E-state index < -0.39 is 17.7 Å². The van der Waals surface area contributed by atoms with Crippen LogP contribution in [0, 0.1) is 24.1 Å². The first-order valence-electron chi connectivity index (χ1n) is 8.89. The fraction of sp³-hybridized carbons (Fsp3) is 0.200. The highest BCUT2D eigenvalue weighted by Gasteiger charge is 2.21. The number of nitrogens with zero attached hydrogens (tertiary/aromatic N) is 3. The van der Waals surface area contributed by atoms with E-state index in [4.69, 9.17) is 4.74 Å². The fourth-order valence-corrected chi connectivity index (χ4v) is 2.96. The number of halogens is 1. The SMILES string of the molecule is CCOC(=O)c1cn2ncc(C#N)c(Nc3cc(C(=O)NOC)ccc3F)c2c1C. The number of aryl methyl sites for hydroxylation is 1. The number of amides is 1. The van der Waals surface area contributed by atoms with E-state index in [1.54, 1.807) is 13.8 Å². The largest absolute Gasteiger partial charge is 0.462 e. The molecule has 1 aromatic carbocycles. The molecular weight excluding hydrogens is 393 g/mol. The van der Waals surface area contributed by atoms with Crippen LogP contribution in [0.4, 0.5) is 15.8 Å². The monoisotopic (exact) mass is 411 g/mol. The maximum absolute atomic E-state index is 14.5. The summed E-state index contributed by atoms with van der Waals surface area (Å²) in [5, 5.41) is 16.5. The Labute approximate surface area is 171 Å². The molecule has 2 N–H and O–H groups in total. The van der Waals surface area contributed by atoms with Gasteiger partial charge in [0.05, 0.1) is 47.9 Å². The molecule has 1 amide bonds. The van der Waals surface area contributed by atoms with E-state index in [1.807, 2.05) is 6.07 Å². The Kier molecular flexibility index (Phi) is 5.94. The van der Waals surface area contributed by atoms with Gasteiger partial charge in [0.25, 0.3) is 5.91 Å². The summed E-state index contributed by atoms with van der Waals surface area (Å²) in [5.41, 5.74) is 3.81. The average molecular weight is 411 g/mol. The van der Waals surface area contributed by atoms with Crippen LogP contribution in [0.2, 0.25) is 0 Å². The van der Waals surface area contributed by atoms with Crippen molar-refractivity contribution in [3.05, 3.63) is 58.7 Å². The molecule has 0 fully saturated rings. The van der Waals surface area contributed by atoms with Crippen LogP contribution in [-0.4, -0.2) is 35.2 Å².